The molecule has 33 heavy (non-hydrogen) atoms. The number of sulfonamides is 1. The van der Waals surface area contributed by atoms with Crippen LogP contribution in [0, 0.1) is 5.92 Å². The molecule has 2 aromatic carbocycles. The van der Waals surface area contributed by atoms with Crippen molar-refractivity contribution in [1.29, 1.82) is 0 Å². The Balaban J connectivity index is 1.79. The van der Waals surface area contributed by atoms with E-state index in [1.807, 2.05) is 6.92 Å². The minimum absolute atomic E-state index is 0.245. The molecule has 2 N–H and O–H groups in total. The molecule has 170 valence electrons. The van der Waals surface area contributed by atoms with E-state index in [1.165, 1.54) is 6.07 Å². The van der Waals surface area contributed by atoms with E-state index in [4.69, 9.17) is 0 Å². The van der Waals surface area contributed by atoms with Crippen LogP contribution >= 0.6 is 0 Å². The summed E-state index contributed by atoms with van der Waals surface area (Å²) in [4.78, 5) is 29.1. The Bertz CT molecular complexity index is 1550. The van der Waals surface area contributed by atoms with E-state index in [0.29, 0.717) is 44.9 Å². The predicted molar refractivity (Wildman–Crippen MR) is 127 cm³/mol. The lowest BCUT2D eigenvalue weighted by Gasteiger charge is -2.08. The summed E-state index contributed by atoms with van der Waals surface area (Å²) in [5, 5.41) is 14.9. The summed E-state index contributed by atoms with van der Waals surface area (Å²) in [6.45, 7) is 2.06. The molecule has 0 saturated carbocycles. The first kappa shape index (κ1) is 22.4. The summed E-state index contributed by atoms with van der Waals surface area (Å²) in [6, 6.07) is 10.0. The van der Waals surface area contributed by atoms with E-state index < -0.39 is 21.9 Å². The van der Waals surface area contributed by atoms with Crippen LogP contribution in [0.2, 0.25) is 0 Å². The van der Waals surface area contributed by atoms with E-state index in [-0.39, 0.29) is 12.0 Å². The minimum atomic E-state index is -3.49. The second-order valence-corrected chi connectivity index (χ2v) is 9.64. The van der Waals surface area contributed by atoms with Gasteiger partial charge in [0.15, 0.2) is 5.43 Å². The summed E-state index contributed by atoms with van der Waals surface area (Å²) in [5.41, 5.74) is 1.90. The number of rotatable bonds is 7. The predicted octanol–water partition coefficient (Wildman–Crippen LogP) is 3.09. The van der Waals surface area contributed by atoms with Gasteiger partial charge in [-0.25, -0.2) is 8.42 Å². The van der Waals surface area contributed by atoms with Crippen LogP contribution in [0.4, 0.5) is 5.69 Å². The molecule has 0 aliphatic carbocycles. The van der Waals surface area contributed by atoms with E-state index >= 15 is 0 Å². The average Bonchev–Trinajstić information content (AvgIpc) is 3.18. The Morgan fingerprint density at radius 3 is 2.58 bits per heavy atom. The molecule has 4 aromatic rings. The van der Waals surface area contributed by atoms with Gasteiger partial charge in [-0.1, -0.05) is 19.1 Å². The van der Waals surface area contributed by atoms with Crippen molar-refractivity contribution in [3.63, 3.8) is 0 Å². The summed E-state index contributed by atoms with van der Waals surface area (Å²) >= 11 is 0. The molecule has 2 heterocycles. The van der Waals surface area contributed by atoms with Gasteiger partial charge in [0.1, 0.15) is 0 Å². The van der Waals surface area contributed by atoms with Gasteiger partial charge in [-0.3, -0.25) is 24.0 Å². The summed E-state index contributed by atoms with van der Waals surface area (Å²) in [7, 11) is -3.49. The number of aliphatic carboxylic acids is 1. The van der Waals surface area contributed by atoms with Crippen molar-refractivity contribution in [2.45, 2.75) is 19.9 Å². The highest BCUT2D eigenvalue weighted by atomic mass is 32.2. The first-order valence-electron chi connectivity index (χ1n) is 10.2. The second-order valence-electron chi connectivity index (χ2n) is 7.89. The number of carbonyl (C=O) groups is 1. The van der Waals surface area contributed by atoms with Crippen molar-refractivity contribution >= 4 is 43.4 Å². The maximum Gasteiger partial charge on any atom is 0.308 e. The highest BCUT2D eigenvalue weighted by Crippen LogP contribution is 2.24. The summed E-state index contributed by atoms with van der Waals surface area (Å²) in [5.74, 6) is -1.41. The smallest absolute Gasteiger partial charge is 0.308 e. The molecule has 0 fully saturated rings. The van der Waals surface area contributed by atoms with Gasteiger partial charge in [-0.15, -0.1) is 0 Å². The fourth-order valence-electron chi connectivity index (χ4n) is 3.66. The summed E-state index contributed by atoms with van der Waals surface area (Å²) < 4.78 is 27.1. The fraction of sp³-hybridized carbons (Fsp3) is 0.217. The van der Waals surface area contributed by atoms with Crippen molar-refractivity contribution < 1.29 is 18.3 Å². The molecule has 0 aliphatic rings. The first-order valence-corrected chi connectivity index (χ1v) is 12.1. The van der Waals surface area contributed by atoms with Gasteiger partial charge >= 0.3 is 5.97 Å². The molecule has 0 saturated heterocycles. The van der Waals surface area contributed by atoms with Crippen molar-refractivity contribution in [3.05, 3.63) is 65.2 Å². The quantitative estimate of drug-likeness (QED) is 0.428. The number of pyridine rings is 1. The molecule has 4 rings (SSSR count). The molecule has 0 aliphatic heterocycles. The standard InChI is InChI=1S/C23H22N4O5S/c1-3-14(23(29)30)12-27-13-17(11-25-27)16-8-20-21(24-10-16)7-5-15-4-6-18(26-33(2,31)32)9-19(15)22(20)28/h4-11,13-14,26H,3,12H2,1-2H3,(H,29,30). The molecule has 0 amide bonds. The highest BCUT2D eigenvalue weighted by molar-refractivity contribution is 7.92. The number of aromatic nitrogens is 3. The molecule has 0 radical (unpaired) electrons. The van der Waals surface area contributed by atoms with Gasteiger partial charge in [0, 0.05) is 40.0 Å². The van der Waals surface area contributed by atoms with E-state index in [2.05, 4.69) is 14.8 Å². The first-order chi connectivity index (χ1) is 15.6. The highest BCUT2D eigenvalue weighted by Gasteiger charge is 2.16. The number of anilines is 1. The summed E-state index contributed by atoms with van der Waals surface area (Å²) in [6.07, 6.45) is 6.51. The lowest BCUT2D eigenvalue weighted by Crippen LogP contribution is -2.19. The SMILES string of the molecule is CCC(Cn1cc(-c2cnc3ccc4ccc(NS(C)(=O)=O)cc4c(=O)c3c2)cn1)C(=O)O. The molecular weight excluding hydrogens is 444 g/mol. The number of hydrogen-bond acceptors (Lipinski definition) is 6. The van der Waals surface area contributed by atoms with E-state index in [0.717, 1.165) is 6.26 Å². The third kappa shape index (κ3) is 4.85. The van der Waals surface area contributed by atoms with Crippen molar-refractivity contribution in [1.82, 2.24) is 14.8 Å². The molecule has 0 spiro atoms. The van der Waals surface area contributed by atoms with Gasteiger partial charge in [-0.2, -0.15) is 5.10 Å². The largest absolute Gasteiger partial charge is 0.481 e. The van der Waals surface area contributed by atoms with Gasteiger partial charge in [-0.05, 0) is 36.1 Å². The average molecular weight is 467 g/mol. The topological polar surface area (TPSA) is 131 Å². The Kier molecular flexibility index (Phi) is 5.86. The van der Waals surface area contributed by atoms with Crippen LogP contribution in [-0.4, -0.2) is 40.5 Å². The number of carboxylic acids is 1. The monoisotopic (exact) mass is 466 g/mol. The lowest BCUT2D eigenvalue weighted by molar-refractivity contribution is -0.142. The Labute approximate surface area is 189 Å². The number of fused-ring (bicyclic) bond motifs is 2. The Hall–Kier alpha value is -3.79. The molecule has 2 aromatic heterocycles. The third-order valence-corrected chi connectivity index (χ3v) is 6.01. The number of hydrogen-bond donors (Lipinski definition) is 2. The van der Waals surface area contributed by atoms with Crippen molar-refractivity contribution in [2.75, 3.05) is 11.0 Å². The number of nitrogens with one attached hydrogen (secondary N) is 1. The zero-order chi connectivity index (χ0) is 23.8. The number of benzene rings is 1. The zero-order valence-corrected chi connectivity index (χ0v) is 18.8. The van der Waals surface area contributed by atoms with Crippen LogP contribution in [0.25, 0.3) is 32.8 Å². The van der Waals surface area contributed by atoms with Crippen LogP contribution in [0.5, 0.6) is 0 Å². The van der Waals surface area contributed by atoms with Crippen LogP contribution in [0.1, 0.15) is 13.3 Å². The Morgan fingerprint density at radius 2 is 1.88 bits per heavy atom. The minimum Gasteiger partial charge on any atom is -0.481 e. The normalized spacial score (nSPS) is 12.7. The zero-order valence-electron chi connectivity index (χ0n) is 18.0. The fourth-order valence-corrected chi connectivity index (χ4v) is 4.21. The molecule has 0 bridgehead atoms. The van der Waals surface area contributed by atoms with Gasteiger partial charge < -0.3 is 5.11 Å². The molecule has 9 nitrogen and oxygen atoms in total. The molecular formula is C23H22N4O5S. The Morgan fingerprint density at radius 1 is 1.12 bits per heavy atom. The maximum atomic E-state index is 13.4. The lowest BCUT2D eigenvalue weighted by atomic mass is 10.1. The van der Waals surface area contributed by atoms with E-state index in [9.17, 15) is 23.1 Å². The van der Waals surface area contributed by atoms with Gasteiger partial charge in [0.05, 0.1) is 30.4 Å². The van der Waals surface area contributed by atoms with Crippen LogP contribution < -0.4 is 10.2 Å². The molecule has 1 atom stereocenters. The maximum absolute atomic E-state index is 13.4. The van der Waals surface area contributed by atoms with Gasteiger partial charge in [0.25, 0.3) is 0 Å². The van der Waals surface area contributed by atoms with E-state index in [1.54, 1.807) is 53.6 Å². The van der Waals surface area contributed by atoms with Crippen molar-refractivity contribution in [3.8, 4) is 11.1 Å². The number of carboxylic acid groups (broad SMARTS) is 1. The van der Waals surface area contributed by atoms with Crippen molar-refractivity contribution in [2.24, 2.45) is 5.92 Å². The van der Waals surface area contributed by atoms with Crippen LogP contribution in [0.15, 0.2) is 59.8 Å². The second kappa shape index (κ2) is 8.62. The van der Waals surface area contributed by atoms with Crippen LogP contribution in [-0.2, 0) is 21.4 Å². The molecule has 1 unspecified atom stereocenters. The third-order valence-electron chi connectivity index (χ3n) is 5.40. The molecule has 10 heteroatoms. The van der Waals surface area contributed by atoms with Gasteiger partial charge in [0.2, 0.25) is 10.0 Å². The van der Waals surface area contributed by atoms with Crippen LogP contribution in [0.3, 0.4) is 0 Å². The number of nitrogens with zero attached hydrogens (tertiary/aromatic N) is 3.